The summed E-state index contributed by atoms with van der Waals surface area (Å²) in [5.74, 6) is 1.57. The highest BCUT2D eigenvalue weighted by Gasteiger charge is 2.20. The Hall–Kier alpha value is -1.92. The van der Waals surface area contributed by atoms with Crippen molar-refractivity contribution in [3.05, 3.63) is 24.0 Å². The number of anilines is 1. The molecule has 2 atom stereocenters. The van der Waals surface area contributed by atoms with Gasteiger partial charge in [-0.15, -0.1) is 0 Å². The molecule has 2 aliphatic rings. The molecule has 2 fully saturated rings. The topological polar surface area (TPSA) is 68.3 Å². The number of fused-ring (bicyclic) bond motifs is 1. The van der Waals surface area contributed by atoms with Gasteiger partial charge in [0, 0.05) is 41.7 Å². The summed E-state index contributed by atoms with van der Waals surface area (Å²) in [6.07, 6.45) is 5.28. The minimum Gasteiger partial charge on any atom is -0.471 e. The van der Waals surface area contributed by atoms with Crippen LogP contribution in [0.2, 0.25) is 0 Å². The first-order chi connectivity index (χ1) is 11.8. The zero-order valence-corrected chi connectivity index (χ0v) is 14.0. The molecule has 0 spiro atoms. The van der Waals surface area contributed by atoms with Crippen LogP contribution in [0.25, 0.3) is 10.8 Å². The van der Waals surface area contributed by atoms with Crippen LogP contribution in [-0.2, 0) is 4.74 Å². The number of nitrogens with one attached hydrogen (secondary N) is 2. The lowest BCUT2D eigenvalue weighted by molar-refractivity contribution is 0.139. The second-order valence-corrected chi connectivity index (χ2v) is 6.65. The highest BCUT2D eigenvalue weighted by molar-refractivity contribution is 5.88. The Morgan fingerprint density at radius 1 is 1.33 bits per heavy atom. The minimum atomic E-state index is 0.0922. The van der Waals surface area contributed by atoms with Gasteiger partial charge in [0.25, 0.3) is 0 Å². The van der Waals surface area contributed by atoms with Crippen molar-refractivity contribution < 1.29 is 9.47 Å². The Bertz CT molecular complexity index is 709. The van der Waals surface area contributed by atoms with Crippen molar-refractivity contribution in [1.82, 2.24) is 15.3 Å². The highest BCUT2D eigenvalue weighted by atomic mass is 16.5. The van der Waals surface area contributed by atoms with Crippen molar-refractivity contribution in [1.29, 1.82) is 0 Å². The first kappa shape index (κ1) is 15.6. The maximum absolute atomic E-state index is 6.11. The molecule has 24 heavy (non-hydrogen) atoms. The molecule has 6 heteroatoms. The zero-order valence-electron chi connectivity index (χ0n) is 14.0. The Labute approximate surface area is 142 Å². The van der Waals surface area contributed by atoms with Gasteiger partial charge in [-0.25, -0.2) is 9.97 Å². The summed E-state index contributed by atoms with van der Waals surface area (Å²) in [7, 11) is 0. The van der Waals surface area contributed by atoms with Crippen molar-refractivity contribution in [3.8, 4) is 5.88 Å². The van der Waals surface area contributed by atoms with Gasteiger partial charge in [0.15, 0.2) is 0 Å². The van der Waals surface area contributed by atoms with Gasteiger partial charge >= 0.3 is 0 Å². The smallest absolute Gasteiger partial charge is 0.222 e. The predicted molar refractivity (Wildman–Crippen MR) is 93.6 cm³/mol. The molecule has 2 aromatic heterocycles. The molecule has 2 N–H and O–H groups in total. The number of pyridine rings is 2. The van der Waals surface area contributed by atoms with E-state index < -0.39 is 0 Å². The standard InChI is InChI=1S/C18H24N4O2/c1-12-7-13-9-20-17(22-14-3-2-5-19-10-14)8-16(13)18(21-12)24-15-4-6-23-11-15/h7-9,14-15,19H,2-6,10-11H2,1H3,(H,20,22)/t14-,15+/m0/s1. The molecule has 0 unspecified atom stereocenters. The third kappa shape index (κ3) is 3.44. The molecule has 2 saturated heterocycles. The summed E-state index contributed by atoms with van der Waals surface area (Å²) in [6, 6.07) is 4.53. The van der Waals surface area contributed by atoms with Crippen LogP contribution in [0.4, 0.5) is 5.82 Å². The van der Waals surface area contributed by atoms with Crippen molar-refractivity contribution in [2.75, 3.05) is 31.6 Å². The van der Waals surface area contributed by atoms with E-state index in [1.54, 1.807) is 0 Å². The number of hydrogen-bond acceptors (Lipinski definition) is 6. The van der Waals surface area contributed by atoms with Crippen molar-refractivity contribution in [2.24, 2.45) is 0 Å². The molecular weight excluding hydrogens is 304 g/mol. The second-order valence-electron chi connectivity index (χ2n) is 6.65. The van der Waals surface area contributed by atoms with Gasteiger partial charge in [0.2, 0.25) is 5.88 Å². The van der Waals surface area contributed by atoms with Crippen LogP contribution in [-0.4, -0.2) is 48.4 Å². The number of nitrogens with zero attached hydrogens (tertiary/aromatic N) is 2. The van der Waals surface area contributed by atoms with Crippen LogP contribution in [0.1, 0.15) is 25.0 Å². The fourth-order valence-corrected chi connectivity index (χ4v) is 3.36. The number of rotatable bonds is 4. The van der Waals surface area contributed by atoms with E-state index in [1.165, 1.54) is 12.8 Å². The van der Waals surface area contributed by atoms with Crippen LogP contribution in [0.5, 0.6) is 5.88 Å². The van der Waals surface area contributed by atoms with Gasteiger partial charge < -0.3 is 20.1 Å². The average Bonchev–Trinajstić information content (AvgIpc) is 3.09. The summed E-state index contributed by atoms with van der Waals surface area (Å²) in [5.41, 5.74) is 0.940. The summed E-state index contributed by atoms with van der Waals surface area (Å²) in [5, 5.41) is 9.01. The molecular formula is C18H24N4O2. The van der Waals surface area contributed by atoms with E-state index >= 15 is 0 Å². The van der Waals surface area contributed by atoms with Gasteiger partial charge in [-0.2, -0.15) is 0 Å². The molecule has 0 aliphatic carbocycles. The Morgan fingerprint density at radius 3 is 3.08 bits per heavy atom. The van der Waals surface area contributed by atoms with Crippen LogP contribution in [0.3, 0.4) is 0 Å². The largest absolute Gasteiger partial charge is 0.471 e. The monoisotopic (exact) mass is 328 g/mol. The SMILES string of the molecule is Cc1cc2cnc(N[C@H]3CCCNC3)cc2c(O[C@@H]2CCOC2)n1. The fourth-order valence-electron chi connectivity index (χ4n) is 3.36. The number of hydrogen-bond donors (Lipinski definition) is 2. The van der Waals surface area contributed by atoms with E-state index in [0.717, 1.165) is 48.4 Å². The molecule has 4 rings (SSSR count). The Kier molecular flexibility index (Phi) is 4.49. The van der Waals surface area contributed by atoms with Gasteiger partial charge in [0.1, 0.15) is 11.9 Å². The van der Waals surface area contributed by atoms with Gasteiger partial charge in [-0.1, -0.05) is 0 Å². The third-order valence-corrected chi connectivity index (χ3v) is 4.62. The normalized spacial score (nSPS) is 24.2. The van der Waals surface area contributed by atoms with Crippen LogP contribution < -0.4 is 15.4 Å². The fraction of sp³-hybridized carbons (Fsp3) is 0.556. The van der Waals surface area contributed by atoms with Gasteiger partial charge in [0.05, 0.1) is 13.2 Å². The maximum atomic E-state index is 6.11. The number of aryl methyl sites for hydroxylation is 1. The quantitative estimate of drug-likeness (QED) is 0.897. The second kappa shape index (κ2) is 6.91. The lowest BCUT2D eigenvalue weighted by Crippen LogP contribution is -2.38. The molecule has 0 aromatic carbocycles. The van der Waals surface area contributed by atoms with E-state index in [1.807, 2.05) is 19.2 Å². The maximum Gasteiger partial charge on any atom is 0.222 e. The van der Waals surface area contributed by atoms with E-state index in [4.69, 9.17) is 9.47 Å². The lowest BCUT2D eigenvalue weighted by Gasteiger charge is -2.24. The van der Waals surface area contributed by atoms with E-state index in [2.05, 4.69) is 26.7 Å². The molecule has 2 aromatic rings. The van der Waals surface area contributed by atoms with Crippen LogP contribution in [0, 0.1) is 6.92 Å². The van der Waals surface area contributed by atoms with E-state index in [0.29, 0.717) is 18.5 Å². The molecule has 0 bridgehead atoms. The van der Waals surface area contributed by atoms with E-state index in [-0.39, 0.29) is 6.10 Å². The van der Waals surface area contributed by atoms with Crippen LogP contribution in [0.15, 0.2) is 18.3 Å². The summed E-state index contributed by atoms with van der Waals surface area (Å²) >= 11 is 0. The molecule has 0 saturated carbocycles. The summed E-state index contributed by atoms with van der Waals surface area (Å²) in [6.45, 7) is 5.47. The molecule has 4 heterocycles. The van der Waals surface area contributed by atoms with Crippen molar-refractivity contribution >= 4 is 16.6 Å². The first-order valence-electron chi connectivity index (χ1n) is 8.77. The van der Waals surface area contributed by atoms with Gasteiger partial charge in [-0.3, -0.25) is 0 Å². The molecule has 128 valence electrons. The molecule has 2 aliphatic heterocycles. The van der Waals surface area contributed by atoms with Gasteiger partial charge in [-0.05, 0) is 38.4 Å². The van der Waals surface area contributed by atoms with E-state index in [9.17, 15) is 0 Å². The molecule has 0 radical (unpaired) electrons. The highest BCUT2D eigenvalue weighted by Crippen LogP contribution is 2.28. The third-order valence-electron chi connectivity index (χ3n) is 4.62. The van der Waals surface area contributed by atoms with Crippen molar-refractivity contribution in [3.63, 3.8) is 0 Å². The minimum absolute atomic E-state index is 0.0922. The van der Waals surface area contributed by atoms with Crippen LogP contribution >= 0.6 is 0 Å². The number of ether oxygens (including phenoxy) is 2. The van der Waals surface area contributed by atoms with Crippen molar-refractivity contribution in [2.45, 2.75) is 38.3 Å². The summed E-state index contributed by atoms with van der Waals surface area (Å²) < 4.78 is 11.5. The number of aromatic nitrogens is 2. The number of piperidine rings is 1. The summed E-state index contributed by atoms with van der Waals surface area (Å²) in [4.78, 5) is 9.18. The lowest BCUT2D eigenvalue weighted by atomic mass is 10.1. The Morgan fingerprint density at radius 2 is 2.29 bits per heavy atom. The molecule has 6 nitrogen and oxygen atoms in total. The zero-order chi connectivity index (χ0) is 16.4. The predicted octanol–water partition coefficient (Wildman–Crippen LogP) is 2.27. The Balaban J connectivity index is 1.61. The molecule has 0 amide bonds. The first-order valence-corrected chi connectivity index (χ1v) is 8.77. The average molecular weight is 328 g/mol.